The van der Waals surface area contributed by atoms with Gasteiger partial charge in [0.15, 0.2) is 5.76 Å². The molecule has 0 unspecified atom stereocenters. The summed E-state index contributed by atoms with van der Waals surface area (Å²) in [5, 5.41) is 0.366. The van der Waals surface area contributed by atoms with Crippen molar-refractivity contribution >= 4 is 16.9 Å². The van der Waals surface area contributed by atoms with Gasteiger partial charge in [0.05, 0.1) is 10.9 Å². The number of fused-ring (bicyclic) bond motifs is 1. The predicted molar refractivity (Wildman–Crippen MR) is 109 cm³/mol. The third-order valence-corrected chi connectivity index (χ3v) is 4.55. The van der Waals surface area contributed by atoms with E-state index < -0.39 is 5.97 Å². The van der Waals surface area contributed by atoms with Crippen LogP contribution in [0, 0.1) is 13.8 Å². The number of carbonyl (C=O) groups is 1. The number of carbonyl (C=O) groups excluding carboxylic acids is 1. The van der Waals surface area contributed by atoms with Gasteiger partial charge in [0.2, 0.25) is 11.2 Å². The molecule has 3 aromatic carbocycles. The average molecular weight is 370 g/mol. The number of benzene rings is 3. The van der Waals surface area contributed by atoms with Crippen molar-refractivity contribution in [2.24, 2.45) is 0 Å². The van der Waals surface area contributed by atoms with E-state index in [0.29, 0.717) is 22.1 Å². The smallest absolute Gasteiger partial charge is 0.343 e. The minimum atomic E-state index is -0.601. The van der Waals surface area contributed by atoms with Crippen molar-refractivity contribution in [3.05, 3.63) is 99.7 Å². The maximum Gasteiger partial charge on any atom is 0.343 e. The van der Waals surface area contributed by atoms with Crippen molar-refractivity contribution in [2.45, 2.75) is 13.8 Å². The van der Waals surface area contributed by atoms with Crippen LogP contribution >= 0.6 is 0 Å². The van der Waals surface area contributed by atoms with Gasteiger partial charge in [0.25, 0.3) is 0 Å². The molecular weight excluding hydrogens is 352 g/mol. The van der Waals surface area contributed by atoms with Gasteiger partial charge in [-0.25, -0.2) is 4.79 Å². The maximum absolute atomic E-state index is 13.1. The highest BCUT2D eigenvalue weighted by atomic mass is 16.5. The van der Waals surface area contributed by atoms with Gasteiger partial charge >= 0.3 is 5.97 Å². The zero-order chi connectivity index (χ0) is 19.7. The summed E-state index contributed by atoms with van der Waals surface area (Å²) in [6.45, 7) is 3.90. The van der Waals surface area contributed by atoms with Crippen LogP contribution in [0.2, 0.25) is 0 Å². The molecule has 4 heteroatoms. The third-order valence-electron chi connectivity index (χ3n) is 4.55. The molecule has 4 rings (SSSR count). The molecule has 138 valence electrons. The van der Waals surface area contributed by atoms with E-state index >= 15 is 0 Å². The van der Waals surface area contributed by atoms with Crippen molar-refractivity contribution < 1.29 is 13.9 Å². The lowest BCUT2D eigenvalue weighted by Crippen LogP contribution is -2.16. The van der Waals surface area contributed by atoms with Crippen molar-refractivity contribution in [1.29, 1.82) is 0 Å². The van der Waals surface area contributed by atoms with E-state index in [-0.39, 0.29) is 16.9 Å². The molecule has 0 saturated heterocycles. The van der Waals surface area contributed by atoms with Gasteiger partial charge in [-0.15, -0.1) is 0 Å². The molecule has 0 aliphatic rings. The molecule has 4 nitrogen and oxygen atoms in total. The monoisotopic (exact) mass is 370 g/mol. The molecular formula is C24H18O4. The van der Waals surface area contributed by atoms with Gasteiger partial charge in [-0.3, -0.25) is 4.79 Å². The second-order valence-electron chi connectivity index (χ2n) is 6.71. The molecule has 4 aromatic rings. The lowest BCUT2D eigenvalue weighted by molar-refractivity contribution is 0.0731. The number of para-hydroxylation sites is 1. The SMILES string of the molecule is Cc1ccc(C(=O)Oc2c(-c3ccc(C)cc3)oc3ccccc3c2=O)cc1. The fourth-order valence-corrected chi connectivity index (χ4v) is 2.95. The van der Waals surface area contributed by atoms with Crippen LogP contribution in [-0.4, -0.2) is 5.97 Å². The Morgan fingerprint density at radius 2 is 1.43 bits per heavy atom. The molecule has 28 heavy (non-hydrogen) atoms. The van der Waals surface area contributed by atoms with Crippen LogP contribution in [0.15, 0.2) is 82.0 Å². The standard InChI is InChI=1S/C24H18O4/c1-15-7-11-17(12-8-15)22-23(21(25)19-5-3-4-6-20(19)27-22)28-24(26)18-13-9-16(2)10-14-18/h3-14H,1-2H3. The fourth-order valence-electron chi connectivity index (χ4n) is 2.95. The summed E-state index contributed by atoms with van der Waals surface area (Å²) in [6.07, 6.45) is 0. The molecule has 0 atom stereocenters. The number of ether oxygens (including phenoxy) is 1. The first-order valence-electron chi connectivity index (χ1n) is 8.94. The summed E-state index contributed by atoms with van der Waals surface area (Å²) < 4.78 is 11.5. The molecule has 0 radical (unpaired) electrons. The van der Waals surface area contributed by atoms with E-state index in [0.717, 1.165) is 11.1 Å². The highest BCUT2D eigenvalue weighted by Crippen LogP contribution is 2.31. The Balaban J connectivity index is 1.87. The molecule has 1 aromatic heterocycles. The van der Waals surface area contributed by atoms with Gasteiger partial charge < -0.3 is 9.15 Å². The zero-order valence-electron chi connectivity index (χ0n) is 15.6. The molecule has 0 fully saturated rings. The Morgan fingerprint density at radius 1 is 0.821 bits per heavy atom. The van der Waals surface area contributed by atoms with Crippen molar-refractivity contribution in [3.8, 4) is 17.1 Å². The van der Waals surface area contributed by atoms with Crippen LogP contribution in [0.3, 0.4) is 0 Å². The fraction of sp³-hybridized carbons (Fsp3) is 0.0833. The van der Waals surface area contributed by atoms with Gasteiger partial charge in [-0.2, -0.15) is 0 Å². The third kappa shape index (κ3) is 3.32. The molecule has 0 spiro atoms. The number of hydrogen-bond acceptors (Lipinski definition) is 4. The Bertz CT molecular complexity index is 1220. The summed E-state index contributed by atoms with van der Waals surface area (Å²) in [7, 11) is 0. The molecule has 0 N–H and O–H groups in total. The Morgan fingerprint density at radius 3 is 2.11 bits per heavy atom. The Hall–Kier alpha value is -3.66. The highest BCUT2D eigenvalue weighted by molar-refractivity contribution is 5.93. The van der Waals surface area contributed by atoms with Gasteiger partial charge in [0.1, 0.15) is 5.58 Å². The number of rotatable bonds is 3. The van der Waals surface area contributed by atoms with E-state index in [4.69, 9.17) is 9.15 Å². The summed E-state index contributed by atoms with van der Waals surface area (Å²) in [4.78, 5) is 25.7. The molecule has 0 aliphatic carbocycles. The summed E-state index contributed by atoms with van der Waals surface area (Å²) >= 11 is 0. The minimum absolute atomic E-state index is 0.104. The van der Waals surface area contributed by atoms with E-state index in [9.17, 15) is 9.59 Å². The molecule has 0 amide bonds. The zero-order valence-corrected chi connectivity index (χ0v) is 15.6. The average Bonchev–Trinajstić information content (AvgIpc) is 2.71. The van der Waals surface area contributed by atoms with E-state index in [1.807, 2.05) is 50.2 Å². The lowest BCUT2D eigenvalue weighted by Gasteiger charge is -2.11. The lowest BCUT2D eigenvalue weighted by atomic mass is 10.1. The van der Waals surface area contributed by atoms with Crippen molar-refractivity contribution in [1.82, 2.24) is 0 Å². The highest BCUT2D eigenvalue weighted by Gasteiger charge is 2.21. The van der Waals surface area contributed by atoms with E-state index in [1.165, 1.54) is 0 Å². The van der Waals surface area contributed by atoms with Crippen LogP contribution in [0.25, 0.3) is 22.3 Å². The van der Waals surface area contributed by atoms with Crippen LogP contribution in [0.5, 0.6) is 5.75 Å². The largest absolute Gasteiger partial charge is 0.452 e. The number of esters is 1. The normalized spacial score (nSPS) is 10.8. The van der Waals surface area contributed by atoms with E-state index in [2.05, 4.69) is 0 Å². The second-order valence-corrected chi connectivity index (χ2v) is 6.71. The summed E-state index contributed by atoms with van der Waals surface area (Å²) in [6, 6.07) is 21.4. The van der Waals surface area contributed by atoms with Crippen LogP contribution in [-0.2, 0) is 0 Å². The Kier molecular flexibility index (Phi) is 4.53. The minimum Gasteiger partial charge on any atom is -0.452 e. The first-order chi connectivity index (χ1) is 13.5. The number of hydrogen-bond donors (Lipinski definition) is 0. The van der Waals surface area contributed by atoms with Crippen LogP contribution < -0.4 is 10.2 Å². The van der Waals surface area contributed by atoms with Crippen molar-refractivity contribution in [3.63, 3.8) is 0 Å². The second kappa shape index (κ2) is 7.16. The number of aryl methyl sites for hydroxylation is 2. The predicted octanol–water partition coefficient (Wildman–Crippen LogP) is 5.30. The van der Waals surface area contributed by atoms with E-state index in [1.54, 1.807) is 36.4 Å². The molecule has 0 saturated carbocycles. The van der Waals surface area contributed by atoms with Crippen molar-refractivity contribution in [2.75, 3.05) is 0 Å². The van der Waals surface area contributed by atoms with Gasteiger partial charge in [-0.05, 0) is 38.1 Å². The first kappa shape index (κ1) is 17.7. The summed E-state index contributed by atoms with van der Waals surface area (Å²) in [5.74, 6) is -0.465. The first-order valence-corrected chi connectivity index (χ1v) is 8.94. The van der Waals surface area contributed by atoms with Gasteiger partial charge in [0, 0.05) is 5.56 Å². The topological polar surface area (TPSA) is 56.5 Å². The molecule has 1 heterocycles. The van der Waals surface area contributed by atoms with Gasteiger partial charge in [-0.1, -0.05) is 59.7 Å². The maximum atomic E-state index is 13.1. The van der Waals surface area contributed by atoms with Crippen LogP contribution in [0.1, 0.15) is 21.5 Å². The molecule has 0 aliphatic heterocycles. The Labute approximate surface area is 162 Å². The molecule has 0 bridgehead atoms. The summed E-state index contributed by atoms with van der Waals surface area (Å²) in [5.41, 5.74) is 3.21. The van der Waals surface area contributed by atoms with Crippen LogP contribution in [0.4, 0.5) is 0 Å². The quantitative estimate of drug-likeness (QED) is 0.460.